The van der Waals surface area contributed by atoms with Gasteiger partial charge in [0.15, 0.2) is 0 Å². The molecule has 0 fully saturated rings. The van der Waals surface area contributed by atoms with Gasteiger partial charge in [0.1, 0.15) is 6.54 Å². The predicted molar refractivity (Wildman–Crippen MR) is 71.2 cm³/mol. The molecule has 19 heavy (non-hydrogen) atoms. The number of terminal acetylenes is 1. The lowest BCUT2D eigenvalue weighted by atomic mass is 10.3. The quantitative estimate of drug-likeness (QED) is 0.739. The average Bonchev–Trinajstić information content (AvgIpc) is 2.36. The summed E-state index contributed by atoms with van der Waals surface area (Å²) in [5.41, 5.74) is 0.692. The summed E-state index contributed by atoms with van der Waals surface area (Å²) in [5, 5.41) is 11.5. The van der Waals surface area contributed by atoms with Crippen LogP contribution in [0.3, 0.4) is 0 Å². The Morgan fingerprint density at radius 3 is 2.47 bits per heavy atom. The molecule has 0 heterocycles. The van der Waals surface area contributed by atoms with Gasteiger partial charge in [-0.3, -0.25) is 4.79 Å². The first-order chi connectivity index (χ1) is 8.87. The normalized spacial score (nSPS) is 11.0. The molecule has 0 saturated heterocycles. The fourth-order valence-electron chi connectivity index (χ4n) is 1.35. The fraction of sp³-hybridized carbons (Fsp3) is 0.250. The Balaban J connectivity index is 2.91. The maximum Gasteiger partial charge on any atom is 0.318 e. The molecule has 1 aromatic rings. The Bertz CT molecular complexity index is 587. The molecule has 0 radical (unpaired) electrons. The highest BCUT2D eigenvalue weighted by atomic mass is 32.2. The molecule has 2 N–H and O–H groups in total. The van der Waals surface area contributed by atoms with E-state index in [0.29, 0.717) is 12.2 Å². The highest BCUT2D eigenvalue weighted by Gasteiger charge is 2.22. The second-order valence-electron chi connectivity index (χ2n) is 3.74. The summed E-state index contributed by atoms with van der Waals surface area (Å²) in [6, 6.07) is 5.93. The van der Waals surface area contributed by atoms with Gasteiger partial charge in [-0.15, -0.1) is 6.42 Å². The third-order valence-corrected chi connectivity index (χ3v) is 4.13. The second kappa shape index (κ2) is 6.22. The molecule has 0 atom stereocenters. The summed E-state index contributed by atoms with van der Waals surface area (Å²) in [7, 11) is -2.57. The molecule has 0 saturated carbocycles. The van der Waals surface area contributed by atoms with E-state index in [2.05, 4.69) is 11.2 Å². The van der Waals surface area contributed by atoms with Crippen LogP contribution in [0.15, 0.2) is 29.2 Å². The summed E-state index contributed by atoms with van der Waals surface area (Å²) < 4.78 is 24.8. The summed E-state index contributed by atoms with van der Waals surface area (Å²) >= 11 is 0. The first-order valence-corrected chi connectivity index (χ1v) is 6.77. The van der Waals surface area contributed by atoms with Crippen LogP contribution in [0.25, 0.3) is 0 Å². The van der Waals surface area contributed by atoms with Crippen molar-refractivity contribution in [1.29, 1.82) is 0 Å². The van der Waals surface area contributed by atoms with E-state index in [1.165, 1.54) is 19.2 Å². The number of carboxylic acids is 1. The molecular weight excluding hydrogens is 268 g/mol. The molecule has 0 aliphatic rings. The third kappa shape index (κ3) is 3.98. The van der Waals surface area contributed by atoms with Gasteiger partial charge >= 0.3 is 5.97 Å². The van der Waals surface area contributed by atoms with E-state index in [1.807, 2.05) is 0 Å². The fourth-order valence-corrected chi connectivity index (χ4v) is 2.47. The van der Waals surface area contributed by atoms with Gasteiger partial charge in [0.25, 0.3) is 0 Å². The van der Waals surface area contributed by atoms with Gasteiger partial charge in [-0.2, -0.15) is 4.31 Å². The number of rotatable bonds is 6. The number of hydrogen-bond acceptors (Lipinski definition) is 4. The highest BCUT2D eigenvalue weighted by Crippen LogP contribution is 2.17. The van der Waals surface area contributed by atoms with E-state index >= 15 is 0 Å². The molecule has 0 unspecified atom stereocenters. The smallest absolute Gasteiger partial charge is 0.318 e. The van der Waals surface area contributed by atoms with Crippen molar-refractivity contribution < 1.29 is 18.3 Å². The average molecular weight is 282 g/mol. The minimum Gasteiger partial charge on any atom is -0.480 e. The van der Waals surface area contributed by atoms with Gasteiger partial charge in [-0.1, -0.05) is 5.92 Å². The van der Waals surface area contributed by atoms with Crippen molar-refractivity contribution >= 4 is 21.7 Å². The standard InChI is InChI=1S/C12H14N2O4S/c1-3-8-13-10-4-6-11(7-5-10)19(17,18)14(2)9-12(15)16/h1,4-7,13H,8-9H2,2H3,(H,15,16). The SMILES string of the molecule is C#CCNc1ccc(S(=O)(=O)N(C)CC(=O)O)cc1. The van der Waals surface area contributed by atoms with Crippen LogP contribution in [-0.4, -0.2) is 43.9 Å². The number of nitrogens with zero attached hydrogens (tertiary/aromatic N) is 1. The second-order valence-corrected chi connectivity index (χ2v) is 5.78. The number of sulfonamides is 1. The summed E-state index contributed by atoms with van der Waals surface area (Å²) in [6.45, 7) is -0.246. The minimum absolute atomic E-state index is 0.0301. The number of carboxylic acid groups (broad SMARTS) is 1. The highest BCUT2D eigenvalue weighted by molar-refractivity contribution is 7.89. The Morgan fingerprint density at radius 1 is 1.42 bits per heavy atom. The van der Waals surface area contributed by atoms with Gasteiger partial charge in [0.05, 0.1) is 11.4 Å². The van der Waals surface area contributed by atoms with Crippen molar-refractivity contribution in [2.24, 2.45) is 0 Å². The predicted octanol–water partition coefficient (Wildman–Crippen LogP) is 0.437. The summed E-state index contributed by atoms with van der Waals surface area (Å²) in [4.78, 5) is 10.6. The van der Waals surface area contributed by atoms with Crippen LogP contribution < -0.4 is 5.32 Å². The molecule has 1 rings (SSSR count). The zero-order valence-corrected chi connectivity index (χ0v) is 11.1. The van der Waals surface area contributed by atoms with Crippen molar-refractivity contribution in [3.63, 3.8) is 0 Å². The zero-order valence-electron chi connectivity index (χ0n) is 10.3. The lowest BCUT2D eigenvalue weighted by molar-refractivity contribution is -0.137. The molecule has 0 spiro atoms. The molecule has 0 aromatic heterocycles. The first kappa shape index (κ1) is 15.0. The molecular formula is C12H14N2O4S. The van der Waals surface area contributed by atoms with Crippen molar-refractivity contribution in [3.8, 4) is 12.3 Å². The van der Waals surface area contributed by atoms with Crippen molar-refractivity contribution in [3.05, 3.63) is 24.3 Å². The van der Waals surface area contributed by atoms with Crippen molar-refractivity contribution in [2.75, 3.05) is 25.5 Å². The molecule has 1 aromatic carbocycles. The molecule has 7 heteroatoms. The maximum absolute atomic E-state index is 12.0. The molecule has 0 aliphatic heterocycles. The monoisotopic (exact) mass is 282 g/mol. The molecule has 0 bridgehead atoms. The third-order valence-electron chi connectivity index (χ3n) is 2.31. The summed E-state index contributed by atoms with van der Waals surface area (Å²) in [5.74, 6) is 1.19. The van der Waals surface area contributed by atoms with E-state index in [-0.39, 0.29) is 4.90 Å². The number of benzene rings is 1. The Labute approximate surface area is 112 Å². The maximum atomic E-state index is 12.0. The number of aliphatic carboxylic acids is 1. The van der Waals surface area contributed by atoms with Gasteiger partial charge in [0.2, 0.25) is 10.0 Å². The Kier molecular flexibility index (Phi) is 4.92. The van der Waals surface area contributed by atoms with Gasteiger partial charge < -0.3 is 10.4 Å². The molecule has 6 nitrogen and oxygen atoms in total. The number of carbonyl (C=O) groups is 1. The van der Waals surface area contributed by atoms with Gasteiger partial charge in [-0.25, -0.2) is 8.42 Å². The molecule has 0 amide bonds. The lowest BCUT2D eigenvalue weighted by Crippen LogP contribution is -2.32. The van der Waals surface area contributed by atoms with E-state index < -0.39 is 22.5 Å². The Hall–Kier alpha value is -2.04. The van der Waals surface area contributed by atoms with Gasteiger partial charge in [0, 0.05) is 12.7 Å². The minimum atomic E-state index is -3.79. The number of hydrogen-bond donors (Lipinski definition) is 2. The number of anilines is 1. The number of nitrogens with one attached hydrogen (secondary N) is 1. The van der Waals surface area contributed by atoms with Crippen molar-refractivity contribution in [1.82, 2.24) is 4.31 Å². The van der Waals surface area contributed by atoms with E-state index in [9.17, 15) is 13.2 Å². The summed E-state index contributed by atoms with van der Waals surface area (Å²) in [6.07, 6.45) is 5.09. The zero-order chi connectivity index (χ0) is 14.5. The van der Waals surface area contributed by atoms with Crippen molar-refractivity contribution in [2.45, 2.75) is 4.90 Å². The van der Waals surface area contributed by atoms with E-state index in [4.69, 9.17) is 11.5 Å². The number of likely N-dealkylation sites (N-methyl/N-ethyl adjacent to an activating group) is 1. The lowest BCUT2D eigenvalue weighted by Gasteiger charge is -2.15. The van der Waals surface area contributed by atoms with E-state index in [0.717, 1.165) is 4.31 Å². The molecule has 102 valence electrons. The van der Waals surface area contributed by atoms with E-state index in [1.54, 1.807) is 12.1 Å². The topological polar surface area (TPSA) is 86.7 Å². The van der Waals surface area contributed by atoms with Crippen LogP contribution in [0.5, 0.6) is 0 Å². The van der Waals surface area contributed by atoms with Crippen LogP contribution >= 0.6 is 0 Å². The van der Waals surface area contributed by atoms with Crippen LogP contribution in [0.4, 0.5) is 5.69 Å². The van der Waals surface area contributed by atoms with Crippen LogP contribution in [0.2, 0.25) is 0 Å². The van der Waals surface area contributed by atoms with Crippen LogP contribution in [-0.2, 0) is 14.8 Å². The Morgan fingerprint density at radius 2 is 2.00 bits per heavy atom. The van der Waals surface area contributed by atoms with Crippen LogP contribution in [0, 0.1) is 12.3 Å². The largest absolute Gasteiger partial charge is 0.480 e. The van der Waals surface area contributed by atoms with Gasteiger partial charge in [-0.05, 0) is 24.3 Å². The molecule has 0 aliphatic carbocycles. The van der Waals surface area contributed by atoms with Crippen LogP contribution in [0.1, 0.15) is 0 Å². The first-order valence-electron chi connectivity index (χ1n) is 5.33.